The van der Waals surface area contributed by atoms with Gasteiger partial charge in [-0.1, -0.05) is 13.8 Å². The number of rotatable bonds is 7. The van der Waals surface area contributed by atoms with Gasteiger partial charge in [-0.05, 0) is 56.0 Å². The number of hydrogen-bond acceptors (Lipinski definition) is 5. The molecule has 0 aliphatic carbocycles. The molecule has 1 aromatic rings. The third kappa shape index (κ3) is 4.55. The molecule has 3 N–H and O–H groups in total. The monoisotopic (exact) mass is 383 g/mol. The fourth-order valence-corrected chi connectivity index (χ4v) is 4.60. The topological polar surface area (TPSA) is 102 Å². The lowest BCUT2D eigenvalue weighted by Gasteiger charge is -2.29. The van der Waals surface area contributed by atoms with Gasteiger partial charge in [0.2, 0.25) is 15.9 Å². The minimum atomic E-state index is -3.82. The van der Waals surface area contributed by atoms with Crippen LogP contribution in [0.3, 0.4) is 0 Å². The third-order valence-electron chi connectivity index (χ3n) is 4.86. The van der Waals surface area contributed by atoms with Crippen LogP contribution >= 0.6 is 0 Å². The lowest BCUT2D eigenvalue weighted by Crippen LogP contribution is -2.52. The number of sulfonamides is 1. The molecule has 8 heteroatoms. The van der Waals surface area contributed by atoms with Crippen LogP contribution in [0.15, 0.2) is 29.2 Å². The number of methoxy groups -OCH3 is 1. The van der Waals surface area contributed by atoms with Crippen LogP contribution in [0.5, 0.6) is 5.75 Å². The zero-order valence-corrected chi connectivity index (χ0v) is 16.6. The molecule has 0 bridgehead atoms. The molecule has 0 saturated carbocycles. The van der Waals surface area contributed by atoms with Crippen molar-refractivity contribution in [1.82, 2.24) is 9.62 Å². The third-order valence-corrected chi connectivity index (χ3v) is 6.32. The Labute approximate surface area is 155 Å². The smallest absolute Gasteiger partial charge is 0.241 e. The molecule has 0 radical (unpaired) electrons. The van der Waals surface area contributed by atoms with Crippen molar-refractivity contribution in [2.24, 2.45) is 17.6 Å². The first-order chi connectivity index (χ1) is 12.2. The number of likely N-dealkylation sites (tertiary alicyclic amines) is 1. The number of nitrogens with two attached hydrogens (primary N) is 1. The summed E-state index contributed by atoms with van der Waals surface area (Å²) in [5.74, 6) is 0.458. The highest BCUT2D eigenvalue weighted by Crippen LogP contribution is 2.25. The first kappa shape index (κ1) is 20.7. The summed E-state index contributed by atoms with van der Waals surface area (Å²) in [5, 5.41) is 0. The second kappa shape index (κ2) is 8.37. The van der Waals surface area contributed by atoms with E-state index in [1.165, 1.54) is 19.2 Å². The van der Waals surface area contributed by atoms with Gasteiger partial charge in [0.15, 0.2) is 0 Å². The minimum Gasteiger partial charge on any atom is -0.497 e. The molecule has 26 heavy (non-hydrogen) atoms. The Kier molecular flexibility index (Phi) is 6.65. The summed E-state index contributed by atoms with van der Waals surface area (Å²) >= 11 is 0. The molecule has 1 amide bonds. The van der Waals surface area contributed by atoms with E-state index >= 15 is 0 Å². The Morgan fingerprint density at radius 3 is 2.42 bits per heavy atom. The molecule has 3 unspecified atom stereocenters. The molecular weight excluding hydrogens is 354 g/mol. The number of amides is 1. The molecule has 0 spiro atoms. The van der Waals surface area contributed by atoms with Crippen molar-refractivity contribution in [3.63, 3.8) is 0 Å². The molecule has 1 aromatic carbocycles. The van der Waals surface area contributed by atoms with Gasteiger partial charge in [0.1, 0.15) is 11.8 Å². The van der Waals surface area contributed by atoms with Crippen LogP contribution in [0, 0.1) is 11.8 Å². The first-order valence-corrected chi connectivity index (χ1v) is 10.3. The summed E-state index contributed by atoms with van der Waals surface area (Å²) in [6.07, 6.45) is 0.846. The maximum atomic E-state index is 13.0. The average molecular weight is 384 g/mol. The highest BCUT2D eigenvalue weighted by molar-refractivity contribution is 7.89. The molecule has 2 rings (SSSR count). The summed E-state index contributed by atoms with van der Waals surface area (Å²) < 4.78 is 33.1. The lowest BCUT2D eigenvalue weighted by molar-refractivity contribution is -0.134. The van der Waals surface area contributed by atoms with Crippen LogP contribution in [0.4, 0.5) is 0 Å². The quantitative estimate of drug-likeness (QED) is 0.736. The van der Waals surface area contributed by atoms with E-state index in [1.807, 2.05) is 20.8 Å². The number of hydrogen-bond donors (Lipinski definition) is 2. The van der Waals surface area contributed by atoms with Crippen molar-refractivity contribution in [3.05, 3.63) is 24.3 Å². The summed E-state index contributed by atoms with van der Waals surface area (Å²) in [6.45, 7) is 6.74. The van der Waals surface area contributed by atoms with Crippen LogP contribution < -0.4 is 15.2 Å². The molecular formula is C18H29N3O4S. The zero-order valence-electron chi connectivity index (χ0n) is 15.8. The minimum absolute atomic E-state index is 0.0581. The zero-order chi connectivity index (χ0) is 19.5. The second-order valence-corrected chi connectivity index (χ2v) is 8.91. The van der Waals surface area contributed by atoms with Gasteiger partial charge >= 0.3 is 0 Å². The maximum Gasteiger partial charge on any atom is 0.241 e. The molecule has 1 heterocycles. The average Bonchev–Trinajstić information content (AvgIpc) is 3.00. The summed E-state index contributed by atoms with van der Waals surface area (Å²) in [5.41, 5.74) is 5.74. The predicted molar refractivity (Wildman–Crippen MR) is 100 cm³/mol. The number of ether oxygens (including phenoxy) is 1. The normalized spacial score (nSPS) is 21.8. The van der Waals surface area contributed by atoms with Crippen molar-refractivity contribution < 1.29 is 17.9 Å². The standard InChI is InChI=1S/C18H29N3O4S/c1-12(2)17(18(22)21-11-14(10-19)9-13(21)3)20-26(23,24)16-7-5-15(25-4)6-8-16/h5-8,12-14,17,20H,9-11,19H2,1-4H3. The van der Waals surface area contributed by atoms with E-state index < -0.39 is 16.1 Å². The largest absolute Gasteiger partial charge is 0.497 e. The molecule has 1 aliphatic rings. The van der Waals surface area contributed by atoms with E-state index in [2.05, 4.69) is 4.72 Å². The highest BCUT2D eigenvalue weighted by Gasteiger charge is 2.38. The highest BCUT2D eigenvalue weighted by atomic mass is 32.2. The van der Waals surface area contributed by atoms with Crippen molar-refractivity contribution in [2.45, 2.75) is 44.2 Å². The molecule has 1 fully saturated rings. The van der Waals surface area contributed by atoms with Crippen molar-refractivity contribution in [2.75, 3.05) is 20.2 Å². The summed E-state index contributed by atoms with van der Waals surface area (Å²) in [7, 11) is -2.30. The van der Waals surface area contributed by atoms with E-state index in [0.717, 1.165) is 6.42 Å². The van der Waals surface area contributed by atoms with E-state index in [0.29, 0.717) is 18.8 Å². The molecule has 146 valence electrons. The van der Waals surface area contributed by atoms with E-state index in [-0.39, 0.29) is 28.7 Å². The number of nitrogens with zero attached hydrogens (tertiary/aromatic N) is 1. The van der Waals surface area contributed by atoms with Crippen LogP contribution in [-0.2, 0) is 14.8 Å². The van der Waals surface area contributed by atoms with Crippen LogP contribution in [0.25, 0.3) is 0 Å². The van der Waals surface area contributed by atoms with Gasteiger partial charge in [-0.2, -0.15) is 4.72 Å². The number of carbonyl (C=O) groups is 1. The second-order valence-electron chi connectivity index (χ2n) is 7.20. The van der Waals surface area contributed by atoms with Crippen LogP contribution in [0.1, 0.15) is 27.2 Å². The Balaban J connectivity index is 2.20. The predicted octanol–water partition coefficient (Wildman–Crippen LogP) is 1.19. The summed E-state index contributed by atoms with van der Waals surface area (Å²) in [6, 6.07) is 5.33. The van der Waals surface area contributed by atoms with Gasteiger partial charge in [0, 0.05) is 12.6 Å². The molecule has 0 aromatic heterocycles. The van der Waals surface area contributed by atoms with Crippen LogP contribution in [-0.4, -0.2) is 51.5 Å². The van der Waals surface area contributed by atoms with Crippen molar-refractivity contribution in [1.29, 1.82) is 0 Å². The van der Waals surface area contributed by atoms with Gasteiger partial charge in [0.25, 0.3) is 0 Å². The molecule has 7 nitrogen and oxygen atoms in total. The van der Waals surface area contributed by atoms with E-state index in [1.54, 1.807) is 17.0 Å². The van der Waals surface area contributed by atoms with Gasteiger partial charge in [-0.15, -0.1) is 0 Å². The number of benzene rings is 1. The van der Waals surface area contributed by atoms with Crippen molar-refractivity contribution in [3.8, 4) is 5.75 Å². The molecule has 1 aliphatic heterocycles. The molecule has 1 saturated heterocycles. The summed E-state index contributed by atoms with van der Waals surface area (Å²) in [4.78, 5) is 14.9. The first-order valence-electron chi connectivity index (χ1n) is 8.86. The Bertz CT molecular complexity index is 718. The van der Waals surface area contributed by atoms with Crippen LogP contribution in [0.2, 0.25) is 0 Å². The number of carbonyl (C=O) groups excluding carboxylic acids is 1. The van der Waals surface area contributed by atoms with E-state index in [4.69, 9.17) is 10.5 Å². The van der Waals surface area contributed by atoms with E-state index in [9.17, 15) is 13.2 Å². The fourth-order valence-electron chi connectivity index (χ4n) is 3.26. The van der Waals surface area contributed by atoms with Gasteiger partial charge in [-0.25, -0.2) is 8.42 Å². The SMILES string of the molecule is COc1ccc(S(=O)(=O)NC(C(=O)N2CC(CN)CC2C)C(C)C)cc1. The molecule has 3 atom stereocenters. The van der Waals surface area contributed by atoms with Gasteiger partial charge in [0.05, 0.1) is 12.0 Å². The number of nitrogens with one attached hydrogen (secondary N) is 1. The maximum absolute atomic E-state index is 13.0. The van der Waals surface area contributed by atoms with Gasteiger partial charge in [-0.3, -0.25) is 4.79 Å². The van der Waals surface area contributed by atoms with Crippen molar-refractivity contribution >= 4 is 15.9 Å². The Morgan fingerprint density at radius 1 is 1.35 bits per heavy atom. The Hall–Kier alpha value is -1.64. The Morgan fingerprint density at radius 2 is 1.96 bits per heavy atom. The van der Waals surface area contributed by atoms with Gasteiger partial charge < -0.3 is 15.4 Å². The lowest BCUT2D eigenvalue weighted by atomic mass is 10.0. The fraction of sp³-hybridized carbons (Fsp3) is 0.611.